The smallest absolute Gasteiger partial charge is 0.307 e. The van der Waals surface area contributed by atoms with Gasteiger partial charge in [0.15, 0.2) is 0 Å². The van der Waals surface area contributed by atoms with E-state index < -0.39 is 17.8 Å². The summed E-state index contributed by atoms with van der Waals surface area (Å²) in [5.74, 6) is -1.96. The third-order valence-corrected chi connectivity index (χ3v) is 3.31. The molecule has 1 aliphatic rings. The molecule has 0 saturated heterocycles. The van der Waals surface area contributed by atoms with E-state index >= 15 is 0 Å². The zero-order chi connectivity index (χ0) is 14.3. The summed E-state index contributed by atoms with van der Waals surface area (Å²) in [5.41, 5.74) is 0.935. The average Bonchev–Trinajstić information content (AvgIpc) is 2.37. The first-order valence-electron chi connectivity index (χ1n) is 6.75. The van der Waals surface area contributed by atoms with E-state index in [1.807, 2.05) is 6.92 Å². The second-order valence-corrected chi connectivity index (χ2v) is 5.14. The van der Waals surface area contributed by atoms with Gasteiger partial charge in [-0.05, 0) is 19.8 Å². The highest BCUT2D eigenvalue weighted by Crippen LogP contribution is 2.30. The Morgan fingerprint density at radius 3 is 2.53 bits per heavy atom. The van der Waals surface area contributed by atoms with E-state index in [0.717, 1.165) is 18.4 Å². The van der Waals surface area contributed by atoms with Gasteiger partial charge in [0.25, 0.3) is 0 Å². The lowest BCUT2D eigenvalue weighted by Crippen LogP contribution is -2.40. The Morgan fingerprint density at radius 1 is 1.32 bits per heavy atom. The summed E-state index contributed by atoms with van der Waals surface area (Å²) in [6, 6.07) is 0. The number of carbonyl (C=O) groups is 2. The predicted octanol–water partition coefficient (Wildman–Crippen LogP) is 1.59. The lowest BCUT2D eigenvalue weighted by molar-refractivity contribution is -0.148. The number of aliphatic carboxylic acids is 1. The van der Waals surface area contributed by atoms with Gasteiger partial charge in [0.2, 0.25) is 5.91 Å². The molecular formula is C14H23NO4. The molecule has 0 heterocycles. The van der Waals surface area contributed by atoms with Crippen LogP contribution < -0.4 is 5.32 Å². The standard InChI is InChI=1S/C14H23NO4/c1-10(2)9-19-8-7-15-13(16)11-5-3-4-6-12(11)14(17)18/h11-12H,1,3-9H2,2H3,(H,15,16)(H,17,18). The number of hydrogen-bond donors (Lipinski definition) is 2. The SMILES string of the molecule is C=C(C)COCCNC(=O)C1CCCCC1C(=O)O. The van der Waals surface area contributed by atoms with Crippen molar-refractivity contribution in [2.75, 3.05) is 19.8 Å². The van der Waals surface area contributed by atoms with Crippen LogP contribution in [-0.2, 0) is 14.3 Å². The minimum absolute atomic E-state index is 0.161. The number of carbonyl (C=O) groups excluding carboxylic acids is 1. The Labute approximate surface area is 114 Å². The predicted molar refractivity (Wildman–Crippen MR) is 71.7 cm³/mol. The molecule has 1 aliphatic carbocycles. The van der Waals surface area contributed by atoms with Gasteiger partial charge in [0.1, 0.15) is 0 Å². The molecule has 2 unspecified atom stereocenters. The largest absolute Gasteiger partial charge is 0.481 e. The molecule has 1 saturated carbocycles. The van der Waals surface area contributed by atoms with Gasteiger partial charge in [0, 0.05) is 6.54 Å². The van der Waals surface area contributed by atoms with Crippen molar-refractivity contribution in [2.24, 2.45) is 11.8 Å². The van der Waals surface area contributed by atoms with Crippen LogP contribution in [0.2, 0.25) is 0 Å². The topological polar surface area (TPSA) is 75.6 Å². The first-order chi connectivity index (χ1) is 9.02. The minimum Gasteiger partial charge on any atom is -0.481 e. The highest BCUT2D eigenvalue weighted by Gasteiger charge is 2.35. The van der Waals surface area contributed by atoms with Crippen LogP contribution in [0.15, 0.2) is 12.2 Å². The van der Waals surface area contributed by atoms with Gasteiger partial charge in [-0.25, -0.2) is 0 Å². The second-order valence-electron chi connectivity index (χ2n) is 5.14. The monoisotopic (exact) mass is 269 g/mol. The van der Waals surface area contributed by atoms with Crippen molar-refractivity contribution in [1.82, 2.24) is 5.32 Å². The summed E-state index contributed by atoms with van der Waals surface area (Å²) in [4.78, 5) is 23.1. The highest BCUT2D eigenvalue weighted by molar-refractivity contribution is 5.84. The molecule has 108 valence electrons. The lowest BCUT2D eigenvalue weighted by Gasteiger charge is -2.27. The Morgan fingerprint density at radius 2 is 1.95 bits per heavy atom. The van der Waals surface area contributed by atoms with E-state index in [1.165, 1.54) is 0 Å². The van der Waals surface area contributed by atoms with Crippen molar-refractivity contribution in [2.45, 2.75) is 32.6 Å². The van der Waals surface area contributed by atoms with Crippen molar-refractivity contribution in [3.05, 3.63) is 12.2 Å². The average molecular weight is 269 g/mol. The van der Waals surface area contributed by atoms with E-state index in [9.17, 15) is 9.59 Å². The van der Waals surface area contributed by atoms with Crippen LogP contribution >= 0.6 is 0 Å². The number of carboxylic acid groups (broad SMARTS) is 1. The van der Waals surface area contributed by atoms with Crippen LogP contribution in [0.25, 0.3) is 0 Å². The number of ether oxygens (including phenoxy) is 1. The molecule has 1 amide bonds. The van der Waals surface area contributed by atoms with Crippen molar-refractivity contribution in [3.8, 4) is 0 Å². The molecule has 0 aromatic heterocycles. The number of rotatable bonds is 7. The number of amides is 1. The van der Waals surface area contributed by atoms with Gasteiger partial charge in [-0.15, -0.1) is 0 Å². The van der Waals surface area contributed by atoms with Crippen molar-refractivity contribution < 1.29 is 19.4 Å². The summed E-state index contributed by atoms with van der Waals surface area (Å²) < 4.78 is 5.28. The van der Waals surface area contributed by atoms with Gasteiger partial charge < -0.3 is 15.2 Å². The molecule has 2 atom stereocenters. The van der Waals surface area contributed by atoms with E-state index in [4.69, 9.17) is 9.84 Å². The third-order valence-electron chi connectivity index (χ3n) is 3.31. The molecule has 1 rings (SSSR count). The first-order valence-corrected chi connectivity index (χ1v) is 6.75. The van der Waals surface area contributed by atoms with E-state index in [-0.39, 0.29) is 5.91 Å². The molecular weight excluding hydrogens is 246 g/mol. The Balaban J connectivity index is 2.30. The van der Waals surface area contributed by atoms with Crippen molar-refractivity contribution in [1.29, 1.82) is 0 Å². The molecule has 0 aromatic carbocycles. The summed E-state index contributed by atoms with van der Waals surface area (Å²) >= 11 is 0. The van der Waals surface area contributed by atoms with Crippen LogP contribution in [0.4, 0.5) is 0 Å². The Bertz CT molecular complexity index is 340. The highest BCUT2D eigenvalue weighted by atomic mass is 16.5. The maximum Gasteiger partial charge on any atom is 0.307 e. The molecule has 0 bridgehead atoms. The van der Waals surface area contributed by atoms with Crippen LogP contribution in [0.1, 0.15) is 32.6 Å². The fraction of sp³-hybridized carbons (Fsp3) is 0.714. The van der Waals surface area contributed by atoms with Crippen LogP contribution in [-0.4, -0.2) is 36.7 Å². The minimum atomic E-state index is -0.863. The molecule has 19 heavy (non-hydrogen) atoms. The Hall–Kier alpha value is -1.36. The normalized spacial score (nSPS) is 22.8. The molecule has 0 radical (unpaired) electrons. The van der Waals surface area contributed by atoms with Crippen molar-refractivity contribution in [3.63, 3.8) is 0 Å². The van der Waals surface area contributed by atoms with Gasteiger partial charge >= 0.3 is 5.97 Å². The first kappa shape index (κ1) is 15.7. The van der Waals surface area contributed by atoms with Gasteiger partial charge in [0.05, 0.1) is 25.0 Å². The summed E-state index contributed by atoms with van der Waals surface area (Å²) in [6.07, 6.45) is 3.07. The maximum absolute atomic E-state index is 12.0. The van der Waals surface area contributed by atoms with E-state index in [0.29, 0.717) is 32.6 Å². The van der Waals surface area contributed by atoms with Gasteiger partial charge in [-0.3, -0.25) is 9.59 Å². The van der Waals surface area contributed by atoms with E-state index in [2.05, 4.69) is 11.9 Å². The van der Waals surface area contributed by atoms with Crippen LogP contribution in [0.5, 0.6) is 0 Å². The molecule has 0 aliphatic heterocycles. The van der Waals surface area contributed by atoms with Crippen LogP contribution in [0, 0.1) is 11.8 Å². The fourth-order valence-electron chi connectivity index (χ4n) is 2.36. The molecule has 5 heteroatoms. The van der Waals surface area contributed by atoms with E-state index in [1.54, 1.807) is 0 Å². The molecule has 2 N–H and O–H groups in total. The van der Waals surface area contributed by atoms with Gasteiger partial charge in [-0.1, -0.05) is 25.0 Å². The maximum atomic E-state index is 12.0. The quantitative estimate of drug-likeness (QED) is 0.543. The molecule has 0 spiro atoms. The zero-order valence-electron chi connectivity index (χ0n) is 11.5. The zero-order valence-corrected chi connectivity index (χ0v) is 11.5. The molecule has 5 nitrogen and oxygen atoms in total. The fourth-order valence-corrected chi connectivity index (χ4v) is 2.36. The number of hydrogen-bond acceptors (Lipinski definition) is 3. The summed E-state index contributed by atoms with van der Waals surface area (Å²) in [6.45, 7) is 6.90. The van der Waals surface area contributed by atoms with Crippen molar-refractivity contribution >= 4 is 11.9 Å². The summed E-state index contributed by atoms with van der Waals surface area (Å²) in [5, 5.41) is 11.9. The molecule has 0 aromatic rings. The third kappa shape index (κ3) is 5.42. The number of nitrogens with one attached hydrogen (secondary N) is 1. The number of carboxylic acids is 1. The van der Waals surface area contributed by atoms with Crippen LogP contribution in [0.3, 0.4) is 0 Å². The lowest BCUT2D eigenvalue weighted by atomic mass is 9.79. The molecule has 1 fully saturated rings. The van der Waals surface area contributed by atoms with Gasteiger partial charge in [-0.2, -0.15) is 0 Å². The summed E-state index contributed by atoms with van der Waals surface area (Å²) in [7, 11) is 0. The Kier molecular flexibility index (Phi) is 6.56. The second kappa shape index (κ2) is 7.94.